The molecule has 1 aliphatic heterocycles. The Hall–Kier alpha value is -2.04. The van der Waals surface area contributed by atoms with Crippen LogP contribution in [0.25, 0.3) is 0 Å². The van der Waals surface area contributed by atoms with Gasteiger partial charge in [-0.2, -0.15) is 0 Å². The largest absolute Gasteiger partial charge is 0.491 e. The van der Waals surface area contributed by atoms with Crippen LogP contribution in [0.2, 0.25) is 0 Å². The minimum Gasteiger partial charge on any atom is -0.491 e. The zero-order chi connectivity index (χ0) is 16.1. The van der Waals surface area contributed by atoms with E-state index in [1.807, 2.05) is 29.2 Å². The Morgan fingerprint density at radius 2 is 1.96 bits per heavy atom. The first kappa shape index (κ1) is 15.8. The van der Waals surface area contributed by atoms with Gasteiger partial charge in [-0.1, -0.05) is 31.2 Å². The van der Waals surface area contributed by atoms with E-state index in [1.54, 1.807) is 0 Å². The van der Waals surface area contributed by atoms with E-state index in [2.05, 4.69) is 25.1 Å². The Bertz CT molecular complexity index is 657. The SMILES string of the molecule is CCc1ccc2c(c1)COCCCOc1ccccc1N2CO. The van der Waals surface area contributed by atoms with E-state index in [-0.39, 0.29) is 6.73 Å². The molecule has 0 aromatic heterocycles. The molecule has 1 N–H and O–H groups in total. The second kappa shape index (κ2) is 7.49. The molecule has 0 aliphatic carbocycles. The second-order valence-corrected chi connectivity index (χ2v) is 5.61. The van der Waals surface area contributed by atoms with Gasteiger partial charge < -0.3 is 19.5 Å². The normalized spacial score (nSPS) is 15.1. The lowest BCUT2D eigenvalue weighted by atomic mass is 10.1. The molecule has 0 saturated heterocycles. The van der Waals surface area contributed by atoms with Crippen LogP contribution in [0.5, 0.6) is 5.75 Å². The Kier molecular flexibility index (Phi) is 5.16. The molecule has 0 unspecified atom stereocenters. The van der Waals surface area contributed by atoms with Crippen LogP contribution in [0.4, 0.5) is 11.4 Å². The van der Waals surface area contributed by atoms with Crippen molar-refractivity contribution in [3.63, 3.8) is 0 Å². The number of aliphatic hydroxyl groups is 1. The van der Waals surface area contributed by atoms with E-state index in [0.29, 0.717) is 19.8 Å². The first-order valence-electron chi connectivity index (χ1n) is 8.13. The molecule has 0 atom stereocenters. The lowest BCUT2D eigenvalue weighted by Crippen LogP contribution is -2.20. The highest BCUT2D eigenvalue weighted by Crippen LogP contribution is 2.36. The fourth-order valence-corrected chi connectivity index (χ4v) is 2.85. The lowest BCUT2D eigenvalue weighted by molar-refractivity contribution is 0.108. The maximum Gasteiger partial charge on any atom is 0.143 e. The van der Waals surface area contributed by atoms with Crippen LogP contribution in [-0.2, 0) is 17.8 Å². The highest BCUT2D eigenvalue weighted by Gasteiger charge is 2.18. The van der Waals surface area contributed by atoms with Gasteiger partial charge in [0.15, 0.2) is 0 Å². The van der Waals surface area contributed by atoms with Crippen molar-refractivity contribution in [2.45, 2.75) is 26.4 Å². The van der Waals surface area contributed by atoms with Crippen molar-refractivity contribution >= 4 is 11.4 Å². The fourth-order valence-electron chi connectivity index (χ4n) is 2.85. The summed E-state index contributed by atoms with van der Waals surface area (Å²) in [5.41, 5.74) is 4.20. The third-order valence-electron chi connectivity index (χ3n) is 4.09. The summed E-state index contributed by atoms with van der Waals surface area (Å²) in [5.74, 6) is 0.786. The van der Waals surface area contributed by atoms with Crippen molar-refractivity contribution < 1.29 is 14.6 Å². The van der Waals surface area contributed by atoms with Gasteiger partial charge in [0.25, 0.3) is 0 Å². The average Bonchev–Trinajstić information content (AvgIpc) is 2.63. The number of aryl methyl sites for hydroxylation is 1. The molecule has 1 aliphatic rings. The van der Waals surface area contributed by atoms with Gasteiger partial charge in [-0.25, -0.2) is 0 Å². The maximum absolute atomic E-state index is 9.99. The summed E-state index contributed by atoms with van der Waals surface area (Å²) in [7, 11) is 0. The standard InChI is InChI=1S/C19H23NO3/c1-2-15-8-9-17-16(12-15)13-22-10-5-11-23-19-7-4-3-6-18(19)20(17)14-21/h3-4,6-9,12,21H,2,5,10-11,13-14H2,1H3. The molecule has 0 saturated carbocycles. The third kappa shape index (κ3) is 3.49. The number of hydrogen-bond acceptors (Lipinski definition) is 4. The summed E-state index contributed by atoms with van der Waals surface area (Å²) < 4.78 is 11.7. The lowest BCUT2D eigenvalue weighted by Gasteiger charge is -2.26. The van der Waals surface area contributed by atoms with Crippen LogP contribution < -0.4 is 9.64 Å². The van der Waals surface area contributed by atoms with Crippen molar-refractivity contribution in [3.05, 3.63) is 53.6 Å². The number of hydrogen-bond donors (Lipinski definition) is 1. The van der Waals surface area contributed by atoms with Gasteiger partial charge in [0.1, 0.15) is 12.5 Å². The van der Waals surface area contributed by atoms with Crippen LogP contribution >= 0.6 is 0 Å². The number of rotatable bonds is 2. The van der Waals surface area contributed by atoms with E-state index in [4.69, 9.17) is 9.47 Å². The van der Waals surface area contributed by atoms with Crippen molar-refractivity contribution in [2.75, 3.05) is 24.8 Å². The molecule has 0 amide bonds. The molecule has 2 aromatic rings. The highest BCUT2D eigenvalue weighted by molar-refractivity contribution is 5.71. The first-order valence-corrected chi connectivity index (χ1v) is 8.13. The highest BCUT2D eigenvalue weighted by atomic mass is 16.5. The molecule has 4 nitrogen and oxygen atoms in total. The van der Waals surface area contributed by atoms with Crippen LogP contribution in [0.15, 0.2) is 42.5 Å². The van der Waals surface area contributed by atoms with Crippen LogP contribution in [-0.4, -0.2) is 25.1 Å². The fraction of sp³-hybridized carbons (Fsp3) is 0.368. The van der Waals surface area contributed by atoms with Gasteiger partial charge >= 0.3 is 0 Å². The monoisotopic (exact) mass is 313 g/mol. The molecule has 0 radical (unpaired) electrons. The number of benzene rings is 2. The van der Waals surface area contributed by atoms with Gasteiger partial charge in [-0.3, -0.25) is 0 Å². The number of nitrogens with zero attached hydrogens (tertiary/aromatic N) is 1. The quantitative estimate of drug-likeness (QED) is 0.919. The molecular formula is C19H23NO3. The van der Waals surface area contributed by atoms with Gasteiger partial charge in [-0.05, 0) is 30.2 Å². The minimum atomic E-state index is -0.112. The number of anilines is 2. The third-order valence-corrected chi connectivity index (χ3v) is 4.09. The van der Waals surface area contributed by atoms with E-state index >= 15 is 0 Å². The minimum absolute atomic E-state index is 0.112. The summed E-state index contributed by atoms with van der Waals surface area (Å²) >= 11 is 0. The van der Waals surface area contributed by atoms with Crippen LogP contribution in [0, 0.1) is 0 Å². The molecule has 0 spiro atoms. The summed E-state index contributed by atoms with van der Waals surface area (Å²) in [6.07, 6.45) is 1.82. The summed E-state index contributed by atoms with van der Waals surface area (Å²) in [6, 6.07) is 14.2. The Morgan fingerprint density at radius 1 is 1.09 bits per heavy atom. The Balaban J connectivity index is 2.10. The van der Waals surface area contributed by atoms with Gasteiger partial charge in [0.2, 0.25) is 0 Å². The van der Waals surface area contributed by atoms with E-state index < -0.39 is 0 Å². The summed E-state index contributed by atoms with van der Waals surface area (Å²) in [5, 5.41) is 9.99. The molecule has 122 valence electrons. The molecule has 4 heteroatoms. The number of aliphatic hydroxyl groups excluding tert-OH is 1. The molecule has 2 aromatic carbocycles. The van der Waals surface area contributed by atoms with E-state index in [9.17, 15) is 5.11 Å². The molecule has 0 bridgehead atoms. The van der Waals surface area contributed by atoms with Crippen LogP contribution in [0.3, 0.4) is 0 Å². The zero-order valence-electron chi connectivity index (χ0n) is 13.5. The van der Waals surface area contributed by atoms with Gasteiger partial charge in [-0.15, -0.1) is 0 Å². The molecule has 23 heavy (non-hydrogen) atoms. The van der Waals surface area contributed by atoms with Gasteiger partial charge in [0.05, 0.1) is 25.5 Å². The van der Waals surface area contributed by atoms with Crippen molar-refractivity contribution in [1.82, 2.24) is 0 Å². The smallest absolute Gasteiger partial charge is 0.143 e. The Morgan fingerprint density at radius 3 is 2.78 bits per heavy atom. The average molecular weight is 313 g/mol. The van der Waals surface area contributed by atoms with E-state index in [1.165, 1.54) is 5.56 Å². The Labute approximate surface area is 137 Å². The second-order valence-electron chi connectivity index (χ2n) is 5.61. The van der Waals surface area contributed by atoms with E-state index in [0.717, 1.165) is 35.5 Å². The predicted octanol–water partition coefficient (Wildman–Crippen LogP) is 3.64. The van der Waals surface area contributed by atoms with Crippen LogP contribution in [0.1, 0.15) is 24.5 Å². The zero-order valence-corrected chi connectivity index (χ0v) is 13.5. The maximum atomic E-state index is 9.99. The topological polar surface area (TPSA) is 41.9 Å². The van der Waals surface area contributed by atoms with Gasteiger partial charge in [0, 0.05) is 17.7 Å². The molecule has 0 fully saturated rings. The molecule has 3 rings (SSSR count). The molecule has 1 heterocycles. The van der Waals surface area contributed by atoms with Crippen molar-refractivity contribution in [3.8, 4) is 5.75 Å². The number of para-hydroxylation sites is 2. The predicted molar refractivity (Wildman–Crippen MR) is 91.3 cm³/mol. The molecular weight excluding hydrogens is 290 g/mol. The number of fused-ring (bicyclic) bond motifs is 2. The first-order chi connectivity index (χ1) is 11.3. The summed E-state index contributed by atoms with van der Waals surface area (Å²) in [4.78, 5) is 1.87. The van der Waals surface area contributed by atoms with Crippen molar-refractivity contribution in [2.24, 2.45) is 0 Å². The van der Waals surface area contributed by atoms with Crippen molar-refractivity contribution in [1.29, 1.82) is 0 Å². The summed E-state index contributed by atoms with van der Waals surface area (Å²) in [6.45, 7) is 3.84. The number of ether oxygens (including phenoxy) is 2.